The Labute approximate surface area is 165 Å². The lowest BCUT2D eigenvalue weighted by Crippen LogP contribution is -2.19. The number of anilines is 2. The minimum atomic E-state index is 0.654. The Morgan fingerprint density at radius 1 is 0.815 bits per heavy atom. The fourth-order valence-corrected chi connectivity index (χ4v) is 4.88. The van der Waals surface area contributed by atoms with Crippen LogP contribution in [-0.2, 0) is 0 Å². The van der Waals surface area contributed by atoms with Crippen molar-refractivity contribution in [2.45, 2.75) is 71.1 Å². The first-order valence-corrected chi connectivity index (χ1v) is 11.1. The van der Waals surface area contributed by atoms with Gasteiger partial charge in [0.15, 0.2) is 0 Å². The zero-order valence-corrected chi connectivity index (χ0v) is 17.0. The first-order chi connectivity index (χ1) is 13.1. The molecule has 0 aromatic heterocycles. The number of hydrogen-bond donors (Lipinski definition) is 2. The summed E-state index contributed by atoms with van der Waals surface area (Å²) in [5.74, 6) is 4.08. The van der Waals surface area contributed by atoms with Gasteiger partial charge in [0.2, 0.25) is 0 Å². The first kappa shape index (κ1) is 20.1. The topological polar surface area (TPSA) is 61.3 Å². The van der Waals surface area contributed by atoms with Crippen molar-refractivity contribution in [2.75, 3.05) is 18.1 Å². The number of nitrogen functional groups attached to an aromatic ring is 2. The minimum Gasteiger partial charge on any atom is -0.493 e. The fourth-order valence-electron chi connectivity index (χ4n) is 4.88. The molecule has 2 saturated carbocycles. The van der Waals surface area contributed by atoms with Gasteiger partial charge in [0, 0.05) is 23.5 Å². The Bertz CT molecular complexity index is 576. The average Bonchev–Trinajstić information content (AvgIpc) is 2.66. The maximum atomic E-state index is 5.95. The quantitative estimate of drug-likeness (QED) is 0.444. The molecular weight excluding hydrogens is 332 g/mol. The molecule has 0 spiro atoms. The Morgan fingerprint density at radius 2 is 1.33 bits per heavy atom. The van der Waals surface area contributed by atoms with Gasteiger partial charge in [-0.1, -0.05) is 31.9 Å². The summed E-state index contributed by atoms with van der Waals surface area (Å²) in [7, 11) is 0. The SMILES string of the molecule is CCCC1CCC(/C=C/C2CCC(COc3cc(N)cc(N)c3)CC2)CC1. The van der Waals surface area contributed by atoms with Crippen molar-refractivity contribution in [3.05, 3.63) is 30.4 Å². The second kappa shape index (κ2) is 10.1. The number of nitrogens with two attached hydrogens (primary N) is 2. The van der Waals surface area contributed by atoms with E-state index < -0.39 is 0 Å². The largest absolute Gasteiger partial charge is 0.493 e. The Morgan fingerprint density at radius 3 is 1.85 bits per heavy atom. The molecular formula is C24H38N2O. The molecule has 3 rings (SSSR count). The molecule has 1 aromatic rings. The van der Waals surface area contributed by atoms with Crippen LogP contribution in [0.1, 0.15) is 71.1 Å². The second-order valence-corrected chi connectivity index (χ2v) is 8.88. The van der Waals surface area contributed by atoms with Crippen LogP contribution in [0.15, 0.2) is 30.4 Å². The van der Waals surface area contributed by atoms with Gasteiger partial charge in [0.05, 0.1) is 6.61 Å². The number of ether oxygens (including phenoxy) is 1. The Balaban J connectivity index is 1.35. The van der Waals surface area contributed by atoms with E-state index in [0.717, 1.165) is 30.1 Å². The van der Waals surface area contributed by atoms with Crippen molar-refractivity contribution in [1.82, 2.24) is 0 Å². The van der Waals surface area contributed by atoms with Crippen LogP contribution in [0.3, 0.4) is 0 Å². The molecule has 0 amide bonds. The number of allylic oxidation sites excluding steroid dienone is 2. The highest BCUT2D eigenvalue weighted by atomic mass is 16.5. The molecule has 0 heterocycles. The van der Waals surface area contributed by atoms with Crippen LogP contribution in [0.25, 0.3) is 0 Å². The fraction of sp³-hybridized carbons (Fsp3) is 0.667. The zero-order valence-electron chi connectivity index (χ0n) is 17.0. The standard InChI is InChI=1S/C24H38N2O/c1-2-3-18-4-6-19(7-5-18)8-9-20-10-12-21(13-11-20)17-27-24-15-22(25)14-23(26)16-24/h8-9,14-16,18-21H,2-7,10-13,17,25-26H2,1H3/b9-8+. The van der Waals surface area contributed by atoms with Crippen molar-refractivity contribution in [3.8, 4) is 5.75 Å². The van der Waals surface area contributed by atoms with Crippen LogP contribution >= 0.6 is 0 Å². The van der Waals surface area contributed by atoms with Gasteiger partial charge in [-0.25, -0.2) is 0 Å². The summed E-state index contributed by atoms with van der Waals surface area (Å²) in [5.41, 5.74) is 13.0. The van der Waals surface area contributed by atoms with Gasteiger partial charge in [0.25, 0.3) is 0 Å². The Kier molecular flexibility index (Phi) is 7.49. The molecule has 150 valence electrons. The summed E-state index contributed by atoms with van der Waals surface area (Å²) in [5, 5.41) is 0. The van der Waals surface area contributed by atoms with Gasteiger partial charge in [-0.2, -0.15) is 0 Å². The highest BCUT2D eigenvalue weighted by Crippen LogP contribution is 2.34. The van der Waals surface area contributed by atoms with E-state index in [2.05, 4.69) is 19.1 Å². The molecule has 0 aliphatic heterocycles. The zero-order chi connectivity index (χ0) is 19.1. The maximum Gasteiger partial charge on any atom is 0.123 e. The molecule has 3 heteroatoms. The third kappa shape index (κ3) is 6.48. The van der Waals surface area contributed by atoms with Crippen molar-refractivity contribution in [1.29, 1.82) is 0 Å². The lowest BCUT2D eigenvalue weighted by molar-refractivity contribution is 0.194. The molecule has 0 radical (unpaired) electrons. The van der Waals surface area contributed by atoms with E-state index in [4.69, 9.17) is 16.2 Å². The van der Waals surface area contributed by atoms with E-state index in [1.165, 1.54) is 64.2 Å². The smallest absolute Gasteiger partial charge is 0.123 e. The third-order valence-corrected chi connectivity index (χ3v) is 6.57. The number of benzene rings is 1. The summed E-state index contributed by atoms with van der Waals surface area (Å²) in [6.07, 6.45) is 18.7. The van der Waals surface area contributed by atoms with E-state index in [1.54, 1.807) is 6.07 Å². The van der Waals surface area contributed by atoms with Gasteiger partial charge in [0.1, 0.15) is 5.75 Å². The molecule has 0 unspecified atom stereocenters. The van der Waals surface area contributed by atoms with Crippen LogP contribution in [0.5, 0.6) is 5.75 Å². The molecule has 1 aromatic carbocycles. The molecule has 3 nitrogen and oxygen atoms in total. The minimum absolute atomic E-state index is 0.654. The van der Waals surface area contributed by atoms with Crippen LogP contribution in [0.2, 0.25) is 0 Å². The van der Waals surface area contributed by atoms with Crippen LogP contribution in [0.4, 0.5) is 11.4 Å². The van der Waals surface area contributed by atoms with Crippen LogP contribution in [-0.4, -0.2) is 6.61 Å². The van der Waals surface area contributed by atoms with E-state index in [1.807, 2.05) is 12.1 Å². The molecule has 2 fully saturated rings. The van der Waals surface area contributed by atoms with Crippen molar-refractivity contribution in [2.24, 2.45) is 23.7 Å². The second-order valence-electron chi connectivity index (χ2n) is 8.88. The monoisotopic (exact) mass is 370 g/mol. The molecule has 27 heavy (non-hydrogen) atoms. The summed E-state index contributed by atoms with van der Waals surface area (Å²) in [6, 6.07) is 5.49. The predicted octanol–water partition coefficient (Wildman–Crippen LogP) is 6.20. The molecule has 2 aliphatic carbocycles. The summed E-state index contributed by atoms with van der Waals surface area (Å²) >= 11 is 0. The summed E-state index contributed by atoms with van der Waals surface area (Å²) < 4.78 is 5.95. The van der Waals surface area contributed by atoms with Gasteiger partial charge in [-0.05, 0) is 81.1 Å². The van der Waals surface area contributed by atoms with Crippen molar-refractivity contribution in [3.63, 3.8) is 0 Å². The summed E-state index contributed by atoms with van der Waals surface area (Å²) in [4.78, 5) is 0. The van der Waals surface area contributed by atoms with Gasteiger partial charge < -0.3 is 16.2 Å². The molecule has 0 bridgehead atoms. The van der Waals surface area contributed by atoms with E-state index in [-0.39, 0.29) is 0 Å². The van der Waals surface area contributed by atoms with Gasteiger partial charge in [-0.15, -0.1) is 0 Å². The molecule has 0 atom stereocenters. The molecule has 4 N–H and O–H groups in total. The number of rotatable bonds is 7. The van der Waals surface area contributed by atoms with E-state index in [0.29, 0.717) is 17.3 Å². The Hall–Kier alpha value is -1.64. The van der Waals surface area contributed by atoms with Gasteiger partial charge >= 0.3 is 0 Å². The third-order valence-electron chi connectivity index (χ3n) is 6.57. The number of hydrogen-bond acceptors (Lipinski definition) is 3. The first-order valence-electron chi connectivity index (χ1n) is 11.1. The van der Waals surface area contributed by atoms with E-state index >= 15 is 0 Å². The molecule has 2 aliphatic rings. The lowest BCUT2D eigenvalue weighted by Gasteiger charge is -2.28. The predicted molar refractivity (Wildman–Crippen MR) is 116 cm³/mol. The van der Waals surface area contributed by atoms with Crippen LogP contribution < -0.4 is 16.2 Å². The normalized spacial score (nSPS) is 29.1. The van der Waals surface area contributed by atoms with Crippen molar-refractivity contribution < 1.29 is 4.74 Å². The average molecular weight is 371 g/mol. The highest BCUT2D eigenvalue weighted by molar-refractivity contribution is 5.56. The van der Waals surface area contributed by atoms with Crippen molar-refractivity contribution >= 4 is 11.4 Å². The molecule has 0 saturated heterocycles. The lowest BCUT2D eigenvalue weighted by atomic mass is 9.78. The van der Waals surface area contributed by atoms with Gasteiger partial charge in [-0.3, -0.25) is 0 Å². The van der Waals surface area contributed by atoms with Crippen LogP contribution in [0, 0.1) is 23.7 Å². The van der Waals surface area contributed by atoms with E-state index in [9.17, 15) is 0 Å². The summed E-state index contributed by atoms with van der Waals surface area (Å²) in [6.45, 7) is 3.10. The maximum absolute atomic E-state index is 5.95. The highest BCUT2D eigenvalue weighted by Gasteiger charge is 2.22.